The lowest BCUT2D eigenvalue weighted by Gasteiger charge is -2.11. The van der Waals surface area contributed by atoms with Crippen LogP contribution in [0, 0.1) is 23.5 Å². The van der Waals surface area contributed by atoms with Gasteiger partial charge in [-0.3, -0.25) is 4.79 Å². The Morgan fingerprint density at radius 1 is 0.971 bits per heavy atom. The third kappa shape index (κ3) is 3.55. The van der Waals surface area contributed by atoms with Crippen molar-refractivity contribution >= 4 is 27.7 Å². The molecule has 7 heteroatoms. The van der Waals surface area contributed by atoms with E-state index >= 15 is 0 Å². The number of methoxy groups -OCH3 is 1. The van der Waals surface area contributed by atoms with Gasteiger partial charge in [0.2, 0.25) is 5.91 Å². The van der Waals surface area contributed by atoms with Crippen LogP contribution in [0.15, 0.2) is 66.7 Å². The molecule has 0 saturated carbocycles. The van der Waals surface area contributed by atoms with Gasteiger partial charge in [0, 0.05) is 34.0 Å². The highest BCUT2D eigenvalue weighted by Crippen LogP contribution is 2.35. The Kier molecular flexibility index (Phi) is 5.24. The molecule has 1 heterocycles. The van der Waals surface area contributed by atoms with Crippen LogP contribution in [-0.2, 0) is 6.54 Å². The molecule has 0 bridgehead atoms. The van der Waals surface area contributed by atoms with E-state index in [-0.39, 0.29) is 17.7 Å². The number of halogens is 3. The first-order chi connectivity index (χ1) is 16.4. The molecule has 0 fully saturated rings. The lowest BCUT2D eigenvalue weighted by Crippen LogP contribution is -2.11. The first-order valence-electron chi connectivity index (χ1n) is 10.4. The smallest absolute Gasteiger partial charge is 0.249 e. The lowest BCUT2D eigenvalue weighted by atomic mass is 10.0. The quantitative estimate of drug-likeness (QED) is 0.359. The van der Waals surface area contributed by atoms with Crippen LogP contribution < -0.4 is 10.5 Å². The Hall–Kier alpha value is -4.26. The number of nitrogens with two attached hydrogens (primary N) is 1. The van der Waals surface area contributed by atoms with Gasteiger partial charge in [-0.2, -0.15) is 0 Å². The molecule has 5 aromatic rings. The van der Waals surface area contributed by atoms with Gasteiger partial charge >= 0.3 is 0 Å². The van der Waals surface area contributed by atoms with Crippen molar-refractivity contribution < 1.29 is 22.7 Å². The maximum absolute atomic E-state index is 14.5. The minimum absolute atomic E-state index is 0.222. The van der Waals surface area contributed by atoms with E-state index in [0.717, 1.165) is 11.1 Å². The number of carbonyl (C=O) groups is 1. The number of aromatic nitrogens is 1. The first-order valence-corrected chi connectivity index (χ1v) is 10.4. The molecule has 1 aromatic heterocycles. The van der Waals surface area contributed by atoms with Gasteiger partial charge in [0.1, 0.15) is 23.2 Å². The molecule has 0 saturated heterocycles. The predicted octanol–water partition coefficient (Wildman–Crippen LogP) is 5.83. The van der Waals surface area contributed by atoms with Gasteiger partial charge in [-0.25, -0.2) is 13.2 Å². The first kappa shape index (κ1) is 21.6. The van der Waals surface area contributed by atoms with Crippen LogP contribution in [0.25, 0.3) is 32.9 Å². The summed E-state index contributed by atoms with van der Waals surface area (Å²) in [5.41, 5.74) is 8.43. The molecule has 1 radical (unpaired) electrons. The van der Waals surface area contributed by atoms with E-state index in [9.17, 15) is 18.0 Å². The number of hydrogen-bond acceptors (Lipinski definition) is 2. The number of hydrogen-bond donors (Lipinski definition) is 1. The third-order valence-electron chi connectivity index (χ3n) is 5.91. The van der Waals surface area contributed by atoms with Crippen LogP contribution in [0.2, 0.25) is 0 Å². The van der Waals surface area contributed by atoms with E-state index in [0.29, 0.717) is 39.7 Å². The van der Waals surface area contributed by atoms with Gasteiger partial charge in [-0.05, 0) is 53.6 Å². The summed E-state index contributed by atoms with van der Waals surface area (Å²) in [6.45, 7) is -0.222. The van der Waals surface area contributed by atoms with Crippen LogP contribution in [-0.4, -0.2) is 17.6 Å². The molecule has 0 aliphatic heterocycles. The third-order valence-corrected chi connectivity index (χ3v) is 5.91. The molecule has 0 atom stereocenters. The number of ether oxygens (including phenoxy) is 1. The summed E-state index contributed by atoms with van der Waals surface area (Å²) in [5.74, 6) is -2.90. The molecular weight excluding hydrogens is 441 g/mol. The average molecular weight is 459 g/mol. The van der Waals surface area contributed by atoms with Crippen LogP contribution in [0.3, 0.4) is 0 Å². The van der Waals surface area contributed by atoms with Crippen molar-refractivity contribution in [1.29, 1.82) is 0 Å². The molecule has 5 rings (SSSR count). The number of rotatable bonds is 5. The van der Waals surface area contributed by atoms with E-state index in [1.807, 2.05) is 30.3 Å². The summed E-state index contributed by atoms with van der Waals surface area (Å²) in [5, 5.41) is 1.12. The maximum atomic E-state index is 14.5. The molecule has 1 amide bonds. The zero-order valence-corrected chi connectivity index (χ0v) is 18.0. The Morgan fingerprint density at radius 2 is 1.68 bits per heavy atom. The summed E-state index contributed by atoms with van der Waals surface area (Å²) in [6, 6.07) is 20.6. The van der Waals surface area contributed by atoms with E-state index in [1.165, 1.54) is 0 Å². The predicted molar refractivity (Wildman–Crippen MR) is 124 cm³/mol. The van der Waals surface area contributed by atoms with Gasteiger partial charge < -0.3 is 15.0 Å². The zero-order valence-electron chi connectivity index (χ0n) is 18.0. The van der Waals surface area contributed by atoms with Crippen molar-refractivity contribution in [2.75, 3.05) is 7.11 Å². The fourth-order valence-corrected chi connectivity index (χ4v) is 4.26. The molecule has 0 aliphatic carbocycles. The number of benzene rings is 4. The van der Waals surface area contributed by atoms with Crippen LogP contribution in [0.4, 0.5) is 13.2 Å². The van der Waals surface area contributed by atoms with Crippen molar-refractivity contribution in [1.82, 2.24) is 4.57 Å². The second-order valence-electron chi connectivity index (χ2n) is 7.88. The SMILES string of the molecule is COc1ccc(-c2c[c]c3c4c(C(N)=O)cccc4n(Cc4c(F)cc(F)cc4F)c3c2)cc1. The van der Waals surface area contributed by atoms with E-state index in [2.05, 4.69) is 6.07 Å². The normalized spacial score (nSPS) is 11.3. The fourth-order valence-electron chi connectivity index (χ4n) is 4.26. The minimum Gasteiger partial charge on any atom is -0.497 e. The molecule has 0 unspecified atom stereocenters. The lowest BCUT2D eigenvalue weighted by molar-refractivity contribution is 0.100. The molecule has 4 nitrogen and oxygen atoms in total. The van der Waals surface area contributed by atoms with Gasteiger partial charge in [0.25, 0.3) is 0 Å². The number of nitrogens with zero attached hydrogens (tertiary/aromatic N) is 1. The summed E-state index contributed by atoms with van der Waals surface area (Å²) < 4.78 is 49.5. The van der Waals surface area contributed by atoms with Crippen LogP contribution in [0.5, 0.6) is 5.75 Å². The molecule has 169 valence electrons. The van der Waals surface area contributed by atoms with Crippen molar-refractivity contribution in [3.63, 3.8) is 0 Å². The number of amides is 1. The standard InChI is InChI=1S/C27H18F3N2O2/c1-34-18-8-5-15(6-9-18)16-7-10-19-25(11-16)32(14-21-22(29)12-17(28)13-23(21)30)24-4-2-3-20(26(19)24)27(31)33/h2-9,11-13H,14H2,1H3,(H2,31,33). The summed E-state index contributed by atoms with van der Waals surface area (Å²) in [7, 11) is 1.58. The molecular formula is C27H18F3N2O2. The zero-order chi connectivity index (χ0) is 24.0. The monoisotopic (exact) mass is 459 g/mol. The van der Waals surface area contributed by atoms with Crippen LogP contribution >= 0.6 is 0 Å². The number of carbonyl (C=O) groups excluding carboxylic acids is 1. The van der Waals surface area contributed by atoms with Crippen molar-refractivity contribution in [2.45, 2.75) is 6.54 Å². The van der Waals surface area contributed by atoms with Gasteiger partial charge in [0.15, 0.2) is 0 Å². The van der Waals surface area contributed by atoms with E-state index in [1.54, 1.807) is 35.9 Å². The van der Waals surface area contributed by atoms with Gasteiger partial charge in [0.05, 0.1) is 24.7 Å². The maximum Gasteiger partial charge on any atom is 0.249 e. The minimum atomic E-state index is -0.993. The molecule has 0 aliphatic rings. The average Bonchev–Trinajstić information content (AvgIpc) is 3.14. The van der Waals surface area contributed by atoms with Gasteiger partial charge in [-0.1, -0.05) is 18.2 Å². The Balaban J connectivity index is 1.78. The molecule has 34 heavy (non-hydrogen) atoms. The van der Waals surface area contributed by atoms with Crippen molar-refractivity contribution in [3.8, 4) is 16.9 Å². The van der Waals surface area contributed by atoms with Crippen molar-refractivity contribution in [3.05, 3.63) is 101 Å². The summed E-state index contributed by atoms with van der Waals surface area (Å²) in [6.07, 6.45) is 0. The number of primary amides is 1. The Labute approximate surface area is 193 Å². The molecule has 2 N–H and O–H groups in total. The van der Waals surface area contributed by atoms with E-state index in [4.69, 9.17) is 10.5 Å². The highest BCUT2D eigenvalue weighted by molar-refractivity contribution is 6.18. The Bertz CT molecular complexity index is 1550. The van der Waals surface area contributed by atoms with Crippen LogP contribution in [0.1, 0.15) is 15.9 Å². The van der Waals surface area contributed by atoms with Gasteiger partial charge in [-0.15, -0.1) is 0 Å². The van der Waals surface area contributed by atoms with E-state index < -0.39 is 23.4 Å². The topological polar surface area (TPSA) is 57.2 Å². The number of fused-ring (bicyclic) bond motifs is 3. The second-order valence-corrected chi connectivity index (χ2v) is 7.88. The Morgan fingerprint density at radius 3 is 2.32 bits per heavy atom. The fraction of sp³-hybridized carbons (Fsp3) is 0.0741. The largest absolute Gasteiger partial charge is 0.497 e. The van der Waals surface area contributed by atoms with Crippen molar-refractivity contribution in [2.24, 2.45) is 5.73 Å². The second kappa shape index (κ2) is 8.26. The molecule has 4 aromatic carbocycles. The molecule has 0 spiro atoms. The summed E-state index contributed by atoms with van der Waals surface area (Å²) >= 11 is 0. The highest BCUT2D eigenvalue weighted by Gasteiger charge is 2.20. The highest BCUT2D eigenvalue weighted by atomic mass is 19.1. The summed E-state index contributed by atoms with van der Waals surface area (Å²) in [4.78, 5) is 12.1.